The molecule has 0 aromatic carbocycles. The second-order valence-electron chi connectivity index (χ2n) is 12.9. The van der Waals surface area contributed by atoms with E-state index in [1.54, 1.807) is 5.57 Å². The third-order valence-electron chi connectivity index (χ3n) is 11.3. The van der Waals surface area contributed by atoms with Crippen LogP contribution in [0.15, 0.2) is 11.6 Å². The van der Waals surface area contributed by atoms with Gasteiger partial charge >= 0.3 is 0 Å². The highest BCUT2D eigenvalue weighted by Crippen LogP contribution is 2.67. The fourth-order valence-corrected chi connectivity index (χ4v) is 9.30. The molecule has 0 spiro atoms. The normalized spacial score (nSPS) is 45.3. The molecule has 4 aliphatic rings. The van der Waals surface area contributed by atoms with Crippen molar-refractivity contribution in [3.8, 4) is 0 Å². The first-order chi connectivity index (χ1) is 14.2. The second kappa shape index (κ2) is 8.57. The minimum Gasteiger partial charge on any atom is -0.393 e. The topological polar surface area (TPSA) is 20.2 Å². The van der Waals surface area contributed by atoms with Crippen LogP contribution in [-0.2, 0) is 0 Å². The van der Waals surface area contributed by atoms with Crippen molar-refractivity contribution in [3.05, 3.63) is 11.6 Å². The Balaban J connectivity index is 1.47. The van der Waals surface area contributed by atoms with Crippen LogP contribution in [0.2, 0.25) is 0 Å². The zero-order chi connectivity index (χ0) is 21.7. The lowest BCUT2D eigenvalue weighted by Gasteiger charge is -2.58. The molecule has 0 aromatic rings. The SMILES string of the molecule is CC[C@@H](CC[C@@H](C)[C@@H]1CC[C@H]2[C@H]3CC=C4C[C@@H](O)CC[C@]4(C)[C@@H]3CC[C@]21C)C(C)C. The van der Waals surface area contributed by atoms with Crippen molar-refractivity contribution in [1.29, 1.82) is 0 Å². The van der Waals surface area contributed by atoms with Gasteiger partial charge in [0.2, 0.25) is 0 Å². The molecule has 0 bridgehead atoms. The summed E-state index contributed by atoms with van der Waals surface area (Å²) < 4.78 is 0. The monoisotopic (exact) mass is 414 g/mol. The number of aliphatic hydroxyl groups is 1. The number of rotatable bonds is 6. The summed E-state index contributed by atoms with van der Waals surface area (Å²) in [6.07, 6.45) is 17.1. The summed E-state index contributed by atoms with van der Waals surface area (Å²) >= 11 is 0. The Bertz CT molecular complexity index is 634. The molecular weight excluding hydrogens is 364 g/mol. The molecule has 0 saturated heterocycles. The Kier molecular flexibility index (Phi) is 6.53. The molecule has 0 heterocycles. The van der Waals surface area contributed by atoms with Crippen molar-refractivity contribution < 1.29 is 5.11 Å². The van der Waals surface area contributed by atoms with Crippen LogP contribution in [0.25, 0.3) is 0 Å². The molecule has 1 nitrogen and oxygen atoms in total. The van der Waals surface area contributed by atoms with Crippen molar-refractivity contribution in [2.45, 2.75) is 118 Å². The highest BCUT2D eigenvalue weighted by molar-refractivity contribution is 5.25. The first-order valence-corrected chi connectivity index (χ1v) is 13.6. The molecule has 4 rings (SSSR count). The van der Waals surface area contributed by atoms with Crippen LogP contribution in [-0.4, -0.2) is 11.2 Å². The summed E-state index contributed by atoms with van der Waals surface area (Å²) in [5, 5.41) is 10.2. The Morgan fingerprint density at radius 1 is 1.00 bits per heavy atom. The Morgan fingerprint density at radius 3 is 2.47 bits per heavy atom. The summed E-state index contributed by atoms with van der Waals surface area (Å²) in [6.45, 7) is 15.1. The van der Waals surface area contributed by atoms with Crippen LogP contribution in [0.1, 0.15) is 112 Å². The van der Waals surface area contributed by atoms with E-state index in [0.29, 0.717) is 10.8 Å². The van der Waals surface area contributed by atoms with E-state index in [9.17, 15) is 5.11 Å². The molecule has 30 heavy (non-hydrogen) atoms. The van der Waals surface area contributed by atoms with Gasteiger partial charge in [-0.1, -0.05) is 66.0 Å². The van der Waals surface area contributed by atoms with Gasteiger partial charge in [0.1, 0.15) is 0 Å². The molecule has 0 amide bonds. The van der Waals surface area contributed by atoms with Crippen molar-refractivity contribution >= 4 is 0 Å². The van der Waals surface area contributed by atoms with Crippen LogP contribution in [0.4, 0.5) is 0 Å². The lowest BCUT2D eigenvalue weighted by molar-refractivity contribution is -0.0575. The largest absolute Gasteiger partial charge is 0.393 e. The minimum atomic E-state index is -0.0794. The summed E-state index contributed by atoms with van der Waals surface area (Å²) in [7, 11) is 0. The van der Waals surface area contributed by atoms with Crippen molar-refractivity contribution in [3.63, 3.8) is 0 Å². The van der Waals surface area contributed by atoms with E-state index in [0.717, 1.165) is 54.3 Å². The van der Waals surface area contributed by atoms with Gasteiger partial charge in [-0.15, -0.1) is 0 Å². The predicted octanol–water partition coefficient (Wildman–Crippen LogP) is 8.02. The second-order valence-corrected chi connectivity index (χ2v) is 12.9. The average Bonchev–Trinajstić information content (AvgIpc) is 3.06. The quantitative estimate of drug-likeness (QED) is 0.436. The van der Waals surface area contributed by atoms with Gasteiger partial charge < -0.3 is 5.11 Å². The number of fused-ring (bicyclic) bond motifs is 5. The Labute approximate surface area is 187 Å². The highest BCUT2D eigenvalue weighted by Gasteiger charge is 2.59. The third kappa shape index (κ3) is 3.74. The molecule has 9 atom stereocenters. The molecule has 4 aliphatic carbocycles. The third-order valence-corrected chi connectivity index (χ3v) is 11.3. The highest BCUT2D eigenvalue weighted by atomic mass is 16.3. The van der Waals surface area contributed by atoms with Crippen molar-refractivity contribution in [2.75, 3.05) is 0 Å². The summed E-state index contributed by atoms with van der Waals surface area (Å²) in [6, 6.07) is 0. The first-order valence-electron chi connectivity index (χ1n) is 13.6. The molecule has 0 aromatic heterocycles. The molecular formula is C29H50O. The predicted molar refractivity (Wildman–Crippen MR) is 128 cm³/mol. The van der Waals surface area contributed by atoms with E-state index >= 15 is 0 Å². The number of hydrogen-bond acceptors (Lipinski definition) is 1. The molecule has 0 unspecified atom stereocenters. The summed E-state index contributed by atoms with van der Waals surface area (Å²) in [5.41, 5.74) is 2.59. The smallest absolute Gasteiger partial charge is 0.0577 e. The van der Waals surface area contributed by atoms with Gasteiger partial charge in [0, 0.05) is 0 Å². The molecule has 3 saturated carbocycles. The summed E-state index contributed by atoms with van der Waals surface area (Å²) in [4.78, 5) is 0. The Hall–Kier alpha value is -0.300. The van der Waals surface area contributed by atoms with E-state index in [2.05, 4.69) is 47.6 Å². The maximum Gasteiger partial charge on any atom is 0.0577 e. The first kappa shape index (κ1) is 22.9. The molecule has 172 valence electrons. The van der Waals surface area contributed by atoms with E-state index in [-0.39, 0.29) is 6.10 Å². The van der Waals surface area contributed by atoms with Gasteiger partial charge in [0.15, 0.2) is 0 Å². The van der Waals surface area contributed by atoms with Crippen molar-refractivity contribution in [2.24, 2.45) is 52.3 Å². The fourth-order valence-electron chi connectivity index (χ4n) is 9.30. The van der Waals surface area contributed by atoms with Gasteiger partial charge in [-0.25, -0.2) is 0 Å². The van der Waals surface area contributed by atoms with Crippen LogP contribution >= 0.6 is 0 Å². The van der Waals surface area contributed by atoms with E-state index in [4.69, 9.17) is 0 Å². The van der Waals surface area contributed by atoms with Crippen molar-refractivity contribution in [1.82, 2.24) is 0 Å². The van der Waals surface area contributed by atoms with Crippen LogP contribution < -0.4 is 0 Å². The fraction of sp³-hybridized carbons (Fsp3) is 0.931. The van der Waals surface area contributed by atoms with Gasteiger partial charge in [-0.05, 0) is 110 Å². The van der Waals surface area contributed by atoms with Gasteiger partial charge in [-0.2, -0.15) is 0 Å². The Morgan fingerprint density at radius 2 is 1.77 bits per heavy atom. The molecule has 1 heteroatoms. The van der Waals surface area contributed by atoms with E-state index < -0.39 is 0 Å². The standard InChI is InChI=1S/C29H50O/c1-7-21(19(2)3)9-8-20(4)25-12-13-26-24-11-10-22-18-23(30)14-16-28(22,5)27(24)15-17-29(25,26)6/h10,19-21,23-27,30H,7-9,11-18H2,1-6H3/t20-,21+,23+,24-,25+,26+,27-,28+,29+/m1/s1. The summed E-state index contributed by atoms with van der Waals surface area (Å²) in [5.74, 6) is 6.31. The van der Waals surface area contributed by atoms with E-state index in [1.807, 2.05) is 0 Å². The maximum absolute atomic E-state index is 10.2. The lowest BCUT2D eigenvalue weighted by atomic mass is 9.47. The number of allylic oxidation sites excluding steroid dienone is 1. The lowest BCUT2D eigenvalue weighted by Crippen LogP contribution is -2.50. The van der Waals surface area contributed by atoms with Crippen LogP contribution in [0, 0.1) is 52.3 Å². The van der Waals surface area contributed by atoms with Gasteiger partial charge in [0.25, 0.3) is 0 Å². The van der Waals surface area contributed by atoms with E-state index in [1.165, 1.54) is 57.8 Å². The number of hydrogen-bond donors (Lipinski definition) is 1. The van der Waals surface area contributed by atoms with Crippen LogP contribution in [0.5, 0.6) is 0 Å². The molecule has 3 fully saturated rings. The molecule has 1 N–H and O–H groups in total. The zero-order valence-electron chi connectivity index (χ0n) is 20.9. The van der Waals surface area contributed by atoms with Crippen LogP contribution in [0.3, 0.4) is 0 Å². The van der Waals surface area contributed by atoms with Gasteiger partial charge in [-0.3, -0.25) is 0 Å². The zero-order valence-corrected chi connectivity index (χ0v) is 20.9. The average molecular weight is 415 g/mol. The molecule has 0 aliphatic heterocycles. The van der Waals surface area contributed by atoms with Gasteiger partial charge in [0.05, 0.1) is 6.10 Å². The molecule has 0 radical (unpaired) electrons. The number of aliphatic hydroxyl groups excluding tert-OH is 1. The minimum absolute atomic E-state index is 0.0794. The maximum atomic E-state index is 10.2.